The topological polar surface area (TPSA) is 20.3 Å². The number of amides is 1. The fourth-order valence-electron chi connectivity index (χ4n) is 1.78. The maximum absolute atomic E-state index is 12.6. The summed E-state index contributed by atoms with van der Waals surface area (Å²) in [6, 6.07) is 5.70. The van der Waals surface area contributed by atoms with Crippen LogP contribution >= 0.6 is 15.9 Å². The van der Waals surface area contributed by atoms with Gasteiger partial charge in [-0.1, -0.05) is 28.1 Å². The summed E-state index contributed by atoms with van der Waals surface area (Å²) in [7, 11) is 0. The first-order valence-corrected chi connectivity index (χ1v) is 6.76. The maximum Gasteiger partial charge on any atom is 0.254 e. The quantitative estimate of drug-likeness (QED) is 0.767. The highest BCUT2D eigenvalue weighted by Crippen LogP contribution is 2.23. The Bertz CT molecular complexity index is 460. The van der Waals surface area contributed by atoms with E-state index in [0.717, 1.165) is 15.6 Å². The summed E-state index contributed by atoms with van der Waals surface area (Å²) in [5, 5.41) is 0. The number of carbonyl (C=O) groups is 1. The molecular weight excluding hydrogens is 290 g/mol. The molecule has 1 rings (SSSR count). The molecule has 0 bridgehead atoms. The first-order valence-electron chi connectivity index (χ1n) is 5.97. The summed E-state index contributed by atoms with van der Waals surface area (Å²) in [6.45, 7) is 12.3. The zero-order chi connectivity index (χ0) is 13.9. The van der Waals surface area contributed by atoms with Gasteiger partial charge in [0.25, 0.3) is 5.91 Å². The van der Waals surface area contributed by atoms with Gasteiger partial charge in [0, 0.05) is 22.1 Å². The lowest BCUT2D eigenvalue weighted by Crippen LogP contribution is -2.45. The van der Waals surface area contributed by atoms with E-state index in [-0.39, 0.29) is 11.4 Å². The van der Waals surface area contributed by atoms with Crippen molar-refractivity contribution in [1.29, 1.82) is 0 Å². The van der Waals surface area contributed by atoms with Crippen molar-refractivity contribution in [1.82, 2.24) is 4.90 Å². The van der Waals surface area contributed by atoms with Gasteiger partial charge in [0.15, 0.2) is 0 Å². The molecule has 0 fully saturated rings. The van der Waals surface area contributed by atoms with Gasteiger partial charge >= 0.3 is 0 Å². The molecule has 0 heterocycles. The summed E-state index contributed by atoms with van der Waals surface area (Å²) in [5.74, 6) is 0.0428. The molecule has 1 aromatic rings. The zero-order valence-corrected chi connectivity index (χ0v) is 13.0. The fraction of sp³-hybridized carbons (Fsp3) is 0.400. The summed E-state index contributed by atoms with van der Waals surface area (Å²) in [5.41, 5.74) is 1.49. The molecular formula is C15H20BrNO. The largest absolute Gasteiger partial charge is 0.330 e. The van der Waals surface area contributed by atoms with Crippen molar-refractivity contribution in [3.63, 3.8) is 0 Å². The predicted molar refractivity (Wildman–Crippen MR) is 79.9 cm³/mol. The van der Waals surface area contributed by atoms with E-state index in [2.05, 4.69) is 22.5 Å². The van der Waals surface area contributed by atoms with Crippen LogP contribution in [0.15, 0.2) is 35.3 Å². The third-order valence-electron chi connectivity index (χ3n) is 2.86. The SMILES string of the molecule is C=CCN(C(=O)c1cccc(Br)c1C)C(C)(C)C. The zero-order valence-electron chi connectivity index (χ0n) is 11.5. The molecule has 0 aliphatic heterocycles. The summed E-state index contributed by atoms with van der Waals surface area (Å²) in [4.78, 5) is 14.4. The van der Waals surface area contributed by atoms with E-state index in [1.54, 1.807) is 6.08 Å². The van der Waals surface area contributed by atoms with Gasteiger partial charge in [0.05, 0.1) is 0 Å². The summed E-state index contributed by atoms with van der Waals surface area (Å²) < 4.78 is 0.959. The molecule has 0 atom stereocenters. The van der Waals surface area contributed by atoms with Crippen LogP contribution in [0.3, 0.4) is 0 Å². The van der Waals surface area contributed by atoms with Gasteiger partial charge < -0.3 is 4.90 Å². The number of carbonyl (C=O) groups excluding carboxylic acids is 1. The van der Waals surface area contributed by atoms with Crippen LogP contribution in [0.2, 0.25) is 0 Å². The normalized spacial score (nSPS) is 11.2. The van der Waals surface area contributed by atoms with E-state index < -0.39 is 0 Å². The number of rotatable bonds is 3. The van der Waals surface area contributed by atoms with Gasteiger partial charge in [-0.15, -0.1) is 6.58 Å². The highest BCUT2D eigenvalue weighted by Gasteiger charge is 2.27. The Kier molecular flexibility index (Phi) is 4.74. The molecule has 0 unspecified atom stereocenters. The Morgan fingerprint density at radius 3 is 2.56 bits per heavy atom. The van der Waals surface area contributed by atoms with E-state index in [4.69, 9.17) is 0 Å². The molecule has 1 aromatic carbocycles. The molecule has 18 heavy (non-hydrogen) atoms. The van der Waals surface area contributed by atoms with E-state index >= 15 is 0 Å². The van der Waals surface area contributed by atoms with Gasteiger partial charge in [0.1, 0.15) is 0 Å². The second kappa shape index (κ2) is 5.70. The highest BCUT2D eigenvalue weighted by molar-refractivity contribution is 9.10. The lowest BCUT2D eigenvalue weighted by atomic mass is 10.0. The second-order valence-electron chi connectivity index (χ2n) is 5.29. The van der Waals surface area contributed by atoms with Crippen molar-refractivity contribution < 1.29 is 4.79 Å². The van der Waals surface area contributed by atoms with Crippen molar-refractivity contribution in [2.24, 2.45) is 0 Å². The van der Waals surface area contributed by atoms with E-state index in [1.807, 2.05) is 50.8 Å². The van der Waals surface area contributed by atoms with Crippen molar-refractivity contribution >= 4 is 21.8 Å². The Morgan fingerprint density at radius 2 is 2.06 bits per heavy atom. The van der Waals surface area contributed by atoms with Crippen molar-refractivity contribution in [2.75, 3.05) is 6.54 Å². The number of hydrogen-bond donors (Lipinski definition) is 0. The third-order valence-corrected chi connectivity index (χ3v) is 3.72. The minimum atomic E-state index is -0.222. The number of benzene rings is 1. The van der Waals surface area contributed by atoms with Crippen molar-refractivity contribution in [2.45, 2.75) is 33.2 Å². The minimum Gasteiger partial charge on any atom is -0.330 e. The Morgan fingerprint density at radius 1 is 1.44 bits per heavy atom. The molecule has 0 spiro atoms. The van der Waals surface area contributed by atoms with Gasteiger partial charge in [0.2, 0.25) is 0 Å². The standard InChI is InChI=1S/C15H20BrNO/c1-6-10-17(15(3,4)5)14(18)12-8-7-9-13(16)11(12)2/h6-9H,1,10H2,2-5H3. The minimum absolute atomic E-state index is 0.0428. The lowest BCUT2D eigenvalue weighted by Gasteiger charge is -2.35. The van der Waals surface area contributed by atoms with Gasteiger partial charge in [-0.2, -0.15) is 0 Å². The van der Waals surface area contributed by atoms with Gasteiger partial charge in [-0.3, -0.25) is 4.79 Å². The van der Waals surface area contributed by atoms with Gasteiger partial charge in [-0.05, 0) is 45.4 Å². The maximum atomic E-state index is 12.6. The number of halogens is 1. The Labute approximate surface area is 118 Å². The van der Waals surface area contributed by atoms with Crippen LogP contribution in [0, 0.1) is 6.92 Å². The summed E-state index contributed by atoms with van der Waals surface area (Å²) >= 11 is 3.46. The average Bonchev–Trinajstić information content (AvgIpc) is 2.27. The average molecular weight is 310 g/mol. The van der Waals surface area contributed by atoms with Crippen LogP contribution in [-0.2, 0) is 0 Å². The van der Waals surface area contributed by atoms with Crippen LogP contribution in [0.25, 0.3) is 0 Å². The smallest absolute Gasteiger partial charge is 0.254 e. The van der Waals surface area contributed by atoms with Crippen LogP contribution in [0.4, 0.5) is 0 Å². The first-order chi connectivity index (χ1) is 8.29. The second-order valence-corrected chi connectivity index (χ2v) is 6.14. The van der Waals surface area contributed by atoms with E-state index in [0.29, 0.717) is 6.54 Å². The molecule has 0 radical (unpaired) electrons. The first kappa shape index (κ1) is 15.0. The fourth-order valence-corrected chi connectivity index (χ4v) is 2.14. The molecule has 0 aliphatic carbocycles. The lowest BCUT2D eigenvalue weighted by molar-refractivity contribution is 0.0616. The van der Waals surface area contributed by atoms with Crippen LogP contribution < -0.4 is 0 Å². The molecule has 3 heteroatoms. The van der Waals surface area contributed by atoms with Crippen LogP contribution in [-0.4, -0.2) is 22.9 Å². The highest BCUT2D eigenvalue weighted by atomic mass is 79.9. The Hall–Kier alpha value is -1.09. The molecule has 0 saturated carbocycles. The van der Waals surface area contributed by atoms with Gasteiger partial charge in [-0.25, -0.2) is 0 Å². The molecule has 0 N–H and O–H groups in total. The van der Waals surface area contributed by atoms with E-state index in [9.17, 15) is 4.79 Å². The molecule has 0 aliphatic rings. The molecule has 1 amide bonds. The monoisotopic (exact) mass is 309 g/mol. The van der Waals surface area contributed by atoms with E-state index in [1.165, 1.54) is 0 Å². The molecule has 98 valence electrons. The third kappa shape index (κ3) is 3.22. The molecule has 0 aromatic heterocycles. The molecule has 2 nitrogen and oxygen atoms in total. The van der Waals surface area contributed by atoms with Crippen LogP contribution in [0.1, 0.15) is 36.7 Å². The van der Waals surface area contributed by atoms with Crippen molar-refractivity contribution in [3.05, 3.63) is 46.5 Å². The Balaban J connectivity index is 3.18. The molecule has 0 saturated heterocycles. The summed E-state index contributed by atoms with van der Waals surface area (Å²) in [6.07, 6.45) is 1.76. The number of nitrogens with zero attached hydrogens (tertiary/aromatic N) is 1. The number of hydrogen-bond acceptors (Lipinski definition) is 1. The predicted octanol–water partition coefficient (Wildman–Crippen LogP) is 4.18. The van der Waals surface area contributed by atoms with Crippen LogP contribution in [0.5, 0.6) is 0 Å². The van der Waals surface area contributed by atoms with Crippen molar-refractivity contribution in [3.8, 4) is 0 Å².